The topological polar surface area (TPSA) is 35.6 Å². The number of nitrogens with zero attached hydrogens (tertiary/aromatic N) is 4. The molecule has 0 unspecified atom stereocenters. The molecule has 0 N–H and O–H groups in total. The second-order valence-corrected chi connectivity index (χ2v) is 15.4. The molecule has 260 valence electrons. The zero-order valence-electron chi connectivity index (χ0n) is 30.0. The van der Waals surface area contributed by atoms with Crippen molar-refractivity contribution in [3.05, 3.63) is 192 Å². The highest BCUT2D eigenvalue weighted by Gasteiger charge is 2.23. The molecule has 0 atom stereocenters. The Hall–Kier alpha value is -7.30. The van der Waals surface area contributed by atoms with E-state index in [9.17, 15) is 0 Å². The Morgan fingerprint density at radius 2 is 1.21 bits per heavy atom. The van der Waals surface area contributed by atoms with Crippen LogP contribution in [0.15, 0.2) is 176 Å². The summed E-state index contributed by atoms with van der Waals surface area (Å²) in [7, 11) is 0. The first-order chi connectivity index (χ1) is 27.8. The zero-order valence-corrected chi connectivity index (χ0v) is 30.8. The van der Waals surface area contributed by atoms with Crippen molar-refractivity contribution in [2.24, 2.45) is 0 Å². The maximum atomic E-state index is 5.48. The van der Waals surface area contributed by atoms with Crippen molar-refractivity contribution in [2.45, 2.75) is 0 Å². The lowest BCUT2D eigenvalue weighted by Gasteiger charge is -2.11. The lowest BCUT2D eigenvalue weighted by molar-refractivity contribution is 0.975. The molecule has 1 aliphatic carbocycles. The lowest BCUT2D eigenvalue weighted by atomic mass is 10.00. The molecule has 0 amide bonds. The number of allylic oxidation sites excluding steroid dienone is 2. The number of rotatable bonds is 4. The van der Waals surface area contributed by atoms with Gasteiger partial charge in [-0.15, -0.1) is 17.1 Å². The number of para-hydroxylation sites is 3. The third kappa shape index (κ3) is 4.59. The molecule has 4 nitrogen and oxygen atoms in total. The summed E-state index contributed by atoms with van der Waals surface area (Å²) in [6.07, 6.45) is 6.51. The number of aromatic nitrogens is 4. The zero-order chi connectivity index (χ0) is 36.7. The SMILES string of the molecule is C1=CC(c2ccc3c(c2)c2ccccc2n3-c2ccccc2)=Cc2c(n(-c3nc(-c4ccccc4)c4sc5ccc6ccccc6c5c4n3)c3ccccc23)C=1. The van der Waals surface area contributed by atoms with Crippen molar-refractivity contribution in [2.75, 3.05) is 0 Å². The quantitative estimate of drug-likeness (QED) is 0.169. The summed E-state index contributed by atoms with van der Waals surface area (Å²) in [5.74, 6) is 0.645. The lowest BCUT2D eigenvalue weighted by Crippen LogP contribution is -2.04. The van der Waals surface area contributed by atoms with Gasteiger partial charge in [-0.3, -0.25) is 4.57 Å². The van der Waals surface area contributed by atoms with Gasteiger partial charge in [-0.2, -0.15) is 0 Å². The summed E-state index contributed by atoms with van der Waals surface area (Å²) in [4.78, 5) is 10.9. The van der Waals surface area contributed by atoms with Crippen molar-refractivity contribution >= 4 is 92.8 Å². The fourth-order valence-electron chi connectivity index (χ4n) is 8.66. The minimum absolute atomic E-state index is 0.645. The fourth-order valence-corrected chi connectivity index (χ4v) is 9.83. The second kappa shape index (κ2) is 12.1. The minimum Gasteiger partial charge on any atom is -0.309 e. The Kier molecular flexibility index (Phi) is 6.72. The molecular formula is C51H30N4S. The van der Waals surface area contributed by atoms with E-state index in [1.807, 2.05) is 0 Å². The molecule has 56 heavy (non-hydrogen) atoms. The van der Waals surface area contributed by atoms with E-state index >= 15 is 0 Å². The van der Waals surface area contributed by atoms with Crippen LogP contribution in [0.2, 0.25) is 0 Å². The maximum absolute atomic E-state index is 5.48. The van der Waals surface area contributed by atoms with Gasteiger partial charge < -0.3 is 4.57 Å². The molecule has 0 radical (unpaired) electrons. The van der Waals surface area contributed by atoms with Crippen LogP contribution in [0.25, 0.3) is 104 Å². The Balaban J connectivity index is 1.10. The molecule has 7 aromatic carbocycles. The Bertz CT molecular complexity index is 3500. The standard InChI is InChI=1S/C51H30N4S/c1-3-15-33(16-4-1)48-50-49(47-37-20-8-7-14-32(37)27-29-46(47)56-50)53-51(52-48)55-43-24-12-10-22-39(43)40-30-34(17-13-25-44(40)55)35-26-28-45-41(31-35)38-21-9-11-23-42(38)54(45)36-18-5-2-6-19-36/h1-12,14-31H. The monoisotopic (exact) mass is 730 g/mol. The number of hydrogen-bond donors (Lipinski definition) is 0. The molecule has 0 saturated heterocycles. The first-order valence-corrected chi connectivity index (χ1v) is 19.6. The van der Waals surface area contributed by atoms with Crippen molar-refractivity contribution < 1.29 is 0 Å². The highest BCUT2D eigenvalue weighted by Crippen LogP contribution is 2.43. The summed E-state index contributed by atoms with van der Waals surface area (Å²) in [5.41, 5.74) is 15.5. The van der Waals surface area contributed by atoms with Gasteiger partial charge in [0.25, 0.3) is 0 Å². The molecule has 4 heterocycles. The van der Waals surface area contributed by atoms with Gasteiger partial charge in [0.05, 0.1) is 38.2 Å². The summed E-state index contributed by atoms with van der Waals surface area (Å²) in [5, 5.41) is 7.17. The van der Waals surface area contributed by atoms with Crippen LogP contribution in [-0.4, -0.2) is 19.1 Å². The highest BCUT2D eigenvalue weighted by atomic mass is 32.1. The summed E-state index contributed by atoms with van der Waals surface area (Å²) >= 11 is 1.77. The largest absolute Gasteiger partial charge is 0.309 e. The Morgan fingerprint density at radius 3 is 2.05 bits per heavy atom. The molecule has 1 aliphatic rings. The Labute approximate surface area is 325 Å². The predicted octanol–water partition coefficient (Wildman–Crippen LogP) is 13.4. The van der Waals surface area contributed by atoms with E-state index in [0.29, 0.717) is 5.95 Å². The van der Waals surface area contributed by atoms with E-state index < -0.39 is 0 Å². The molecule has 0 saturated carbocycles. The van der Waals surface area contributed by atoms with Gasteiger partial charge in [0.2, 0.25) is 5.95 Å². The highest BCUT2D eigenvalue weighted by molar-refractivity contribution is 7.26. The van der Waals surface area contributed by atoms with E-state index in [-0.39, 0.29) is 0 Å². The minimum atomic E-state index is 0.645. The van der Waals surface area contributed by atoms with Gasteiger partial charge in [-0.05, 0) is 76.5 Å². The van der Waals surface area contributed by atoms with Crippen LogP contribution in [0.1, 0.15) is 16.8 Å². The maximum Gasteiger partial charge on any atom is 0.235 e. The Morgan fingerprint density at radius 1 is 0.518 bits per heavy atom. The van der Waals surface area contributed by atoms with Crippen molar-refractivity contribution in [1.82, 2.24) is 19.1 Å². The van der Waals surface area contributed by atoms with Crippen molar-refractivity contribution in [1.29, 1.82) is 0 Å². The average molecular weight is 731 g/mol. The normalized spacial score (nSPS) is 12.7. The third-order valence-corrected chi connectivity index (χ3v) is 12.3. The second-order valence-electron chi connectivity index (χ2n) is 14.3. The average Bonchev–Trinajstić information content (AvgIpc) is 3.85. The number of hydrogen-bond acceptors (Lipinski definition) is 3. The fraction of sp³-hybridized carbons (Fsp3) is 0. The van der Waals surface area contributed by atoms with E-state index in [0.717, 1.165) is 60.5 Å². The van der Waals surface area contributed by atoms with E-state index in [2.05, 4.69) is 197 Å². The van der Waals surface area contributed by atoms with Crippen molar-refractivity contribution in [3.8, 4) is 22.9 Å². The first-order valence-electron chi connectivity index (χ1n) is 18.8. The molecule has 0 spiro atoms. The third-order valence-electron chi connectivity index (χ3n) is 11.2. The van der Waals surface area contributed by atoms with Gasteiger partial charge in [0.15, 0.2) is 0 Å². The number of thiophene rings is 1. The number of fused-ring (bicyclic) bond motifs is 11. The summed E-state index contributed by atoms with van der Waals surface area (Å²) < 4.78 is 6.88. The predicted molar refractivity (Wildman–Crippen MR) is 236 cm³/mol. The van der Waals surface area contributed by atoms with Gasteiger partial charge in [-0.1, -0.05) is 121 Å². The smallest absolute Gasteiger partial charge is 0.235 e. The number of benzene rings is 7. The molecule has 12 rings (SSSR count). The van der Waals surface area contributed by atoms with Gasteiger partial charge in [0.1, 0.15) is 0 Å². The van der Waals surface area contributed by atoms with Crippen LogP contribution in [0.3, 0.4) is 0 Å². The van der Waals surface area contributed by atoms with Crippen molar-refractivity contribution in [3.63, 3.8) is 0 Å². The molecule has 11 aromatic rings. The van der Waals surface area contributed by atoms with Crippen LogP contribution < -0.4 is 0 Å². The van der Waals surface area contributed by atoms with Crippen LogP contribution in [0.4, 0.5) is 0 Å². The molecule has 5 heteroatoms. The molecule has 4 aromatic heterocycles. The molecule has 0 fully saturated rings. The first kappa shape index (κ1) is 31.1. The molecular weight excluding hydrogens is 701 g/mol. The van der Waals surface area contributed by atoms with Crippen LogP contribution >= 0.6 is 11.3 Å². The van der Waals surface area contributed by atoms with E-state index in [4.69, 9.17) is 9.97 Å². The summed E-state index contributed by atoms with van der Waals surface area (Å²) in [6.45, 7) is 0. The van der Waals surface area contributed by atoms with Gasteiger partial charge >= 0.3 is 0 Å². The molecule has 0 bridgehead atoms. The van der Waals surface area contributed by atoms with Gasteiger partial charge in [-0.25, -0.2) is 9.97 Å². The van der Waals surface area contributed by atoms with Crippen LogP contribution in [-0.2, 0) is 0 Å². The van der Waals surface area contributed by atoms with E-state index in [1.165, 1.54) is 42.7 Å². The molecule has 0 aliphatic heterocycles. The van der Waals surface area contributed by atoms with E-state index in [1.54, 1.807) is 11.3 Å². The van der Waals surface area contributed by atoms with Crippen LogP contribution in [0, 0.1) is 0 Å². The summed E-state index contributed by atoms with van der Waals surface area (Å²) in [6, 6.07) is 58.3. The van der Waals surface area contributed by atoms with Crippen LogP contribution in [0.5, 0.6) is 0 Å². The van der Waals surface area contributed by atoms with Gasteiger partial charge in [0, 0.05) is 49.1 Å².